The lowest BCUT2D eigenvalue weighted by Crippen LogP contribution is -2.47. The van der Waals surface area contributed by atoms with Crippen LogP contribution in [0.15, 0.2) is 28.9 Å². The van der Waals surface area contributed by atoms with Crippen LogP contribution in [0.2, 0.25) is 0 Å². The molecule has 1 aromatic heterocycles. The molecule has 0 unspecified atom stereocenters. The molecule has 2 aromatic rings. The maximum Gasteiger partial charge on any atom is 0.254 e. The van der Waals surface area contributed by atoms with Crippen molar-refractivity contribution in [2.24, 2.45) is 0 Å². The fourth-order valence-corrected chi connectivity index (χ4v) is 2.98. The summed E-state index contributed by atoms with van der Waals surface area (Å²) in [5, 5.41) is 3.04. The summed E-state index contributed by atoms with van der Waals surface area (Å²) < 4.78 is 32.1. The number of benzene rings is 1. The first-order chi connectivity index (χ1) is 13.8. The SMILES string of the molecule is [2H]C1([2H])OCCN(C(=O)c2ccc(Nc3ncc(Br)c(OC)n3)c(OC)c2)[C@@H]1C. The molecule has 0 bridgehead atoms. The predicted molar refractivity (Wildman–Crippen MR) is 104 cm³/mol. The van der Waals surface area contributed by atoms with Crippen LogP contribution in [-0.2, 0) is 4.74 Å². The van der Waals surface area contributed by atoms with E-state index < -0.39 is 12.6 Å². The topological polar surface area (TPSA) is 85.8 Å². The van der Waals surface area contributed by atoms with Crippen LogP contribution >= 0.6 is 15.9 Å². The second kappa shape index (κ2) is 8.53. The molecule has 1 aliphatic rings. The van der Waals surface area contributed by atoms with Crippen LogP contribution in [0.4, 0.5) is 11.6 Å². The number of nitrogens with zero attached hydrogens (tertiary/aromatic N) is 3. The molecule has 144 valence electrons. The Bertz CT molecular complexity index is 915. The maximum atomic E-state index is 12.9. The van der Waals surface area contributed by atoms with Gasteiger partial charge in [0.1, 0.15) is 5.75 Å². The van der Waals surface area contributed by atoms with Gasteiger partial charge in [-0.15, -0.1) is 0 Å². The second-order valence-corrected chi connectivity index (χ2v) is 6.59. The van der Waals surface area contributed by atoms with E-state index >= 15 is 0 Å². The van der Waals surface area contributed by atoms with E-state index in [1.807, 2.05) is 0 Å². The van der Waals surface area contributed by atoms with Crippen molar-refractivity contribution < 1.29 is 21.7 Å². The average molecular weight is 439 g/mol. The van der Waals surface area contributed by atoms with E-state index in [-0.39, 0.29) is 12.5 Å². The molecule has 1 amide bonds. The van der Waals surface area contributed by atoms with Crippen molar-refractivity contribution >= 4 is 33.5 Å². The zero-order valence-electron chi connectivity index (χ0n) is 17.2. The minimum absolute atomic E-state index is 0.141. The molecule has 3 rings (SSSR count). The molecule has 1 aliphatic heterocycles. The third-order valence-corrected chi connectivity index (χ3v) is 4.56. The molecule has 0 saturated carbocycles. The number of methoxy groups -OCH3 is 2. The fraction of sp³-hybridized carbons (Fsp3) is 0.389. The van der Waals surface area contributed by atoms with Crippen LogP contribution in [0.3, 0.4) is 0 Å². The van der Waals surface area contributed by atoms with Crippen LogP contribution in [0.5, 0.6) is 11.6 Å². The van der Waals surface area contributed by atoms with Gasteiger partial charge in [0.25, 0.3) is 5.91 Å². The van der Waals surface area contributed by atoms with Gasteiger partial charge in [0.2, 0.25) is 11.8 Å². The molecular weight excluding hydrogens is 416 g/mol. The number of carbonyl (C=O) groups excluding carboxylic acids is 1. The molecule has 1 saturated heterocycles. The van der Waals surface area contributed by atoms with E-state index in [0.717, 1.165) is 0 Å². The number of halogens is 1. The Balaban J connectivity index is 1.84. The standard InChI is InChI=1S/C18H21BrN4O4/c1-11-10-27-7-6-23(11)17(24)12-4-5-14(15(8-12)25-2)21-18-20-9-13(19)16(22-18)26-3/h4-5,8-9,11H,6-7,10H2,1-3H3,(H,20,21,22)/t11-/m1/s1/i10D2. The Morgan fingerprint density at radius 2 is 2.26 bits per heavy atom. The number of amides is 1. The van der Waals surface area contributed by atoms with Gasteiger partial charge in [-0.3, -0.25) is 4.79 Å². The Hall–Kier alpha value is -2.39. The first kappa shape index (κ1) is 16.8. The largest absolute Gasteiger partial charge is 0.495 e. The first-order valence-electron chi connectivity index (χ1n) is 9.23. The van der Waals surface area contributed by atoms with Gasteiger partial charge in [0.05, 0.1) is 52.5 Å². The van der Waals surface area contributed by atoms with Gasteiger partial charge in [-0.25, -0.2) is 4.98 Å². The van der Waals surface area contributed by atoms with Gasteiger partial charge in [0.15, 0.2) is 0 Å². The fourth-order valence-electron chi connectivity index (χ4n) is 2.63. The number of anilines is 2. The van der Waals surface area contributed by atoms with Crippen molar-refractivity contribution in [2.75, 3.05) is 39.2 Å². The molecule has 0 spiro atoms. The van der Waals surface area contributed by atoms with Crippen LogP contribution in [0.1, 0.15) is 20.0 Å². The van der Waals surface area contributed by atoms with E-state index in [1.165, 1.54) is 19.1 Å². The lowest BCUT2D eigenvalue weighted by molar-refractivity contribution is 0.00358. The van der Waals surface area contributed by atoms with Crippen molar-refractivity contribution in [3.8, 4) is 11.6 Å². The number of nitrogens with one attached hydrogen (secondary N) is 1. The van der Waals surface area contributed by atoms with Gasteiger partial charge < -0.3 is 24.4 Å². The van der Waals surface area contributed by atoms with Crippen LogP contribution < -0.4 is 14.8 Å². The van der Waals surface area contributed by atoms with E-state index in [0.29, 0.717) is 39.8 Å². The Kier molecular flexibility index (Phi) is 5.30. The molecule has 1 fully saturated rings. The summed E-state index contributed by atoms with van der Waals surface area (Å²) >= 11 is 3.30. The molecule has 2 heterocycles. The monoisotopic (exact) mass is 438 g/mol. The molecular formula is C18H21BrN4O4. The minimum atomic E-state index is -1.89. The number of ether oxygens (including phenoxy) is 3. The normalized spacial score (nSPS) is 19.7. The van der Waals surface area contributed by atoms with Gasteiger partial charge in [-0.1, -0.05) is 0 Å². The summed E-state index contributed by atoms with van der Waals surface area (Å²) in [6.45, 7) is 0.191. The van der Waals surface area contributed by atoms with E-state index in [4.69, 9.17) is 17.0 Å². The number of hydrogen-bond acceptors (Lipinski definition) is 7. The number of hydrogen-bond donors (Lipinski definition) is 1. The zero-order chi connectivity index (χ0) is 21.2. The van der Waals surface area contributed by atoms with Crippen molar-refractivity contribution in [1.82, 2.24) is 14.9 Å². The van der Waals surface area contributed by atoms with Crippen LogP contribution in [0, 0.1) is 0 Å². The third-order valence-electron chi connectivity index (χ3n) is 4.02. The Morgan fingerprint density at radius 1 is 1.44 bits per heavy atom. The summed E-state index contributed by atoms with van der Waals surface area (Å²) in [7, 11) is 3.00. The second-order valence-electron chi connectivity index (χ2n) is 5.73. The molecule has 0 aliphatic carbocycles. The molecule has 27 heavy (non-hydrogen) atoms. The Morgan fingerprint density at radius 3 is 3.00 bits per heavy atom. The number of carbonyl (C=O) groups is 1. The highest BCUT2D eigenvalue weighted by atomic mass is 79.9. The summed E-state index contributed by atoms with van der Waals surface area (Å²) in [4.78, 5) is 22.8. The van der Waals surface area contributed by atoms with Crippen molar-refractivity contribution in [3.05, 3.63) is 34.4 Å². The number of aromatic nitrogens is 2. The molecule has 1 aromatic carbocycles. The quantitative estimate of drug-likeness (QED) is 0.767. The van der Waals surface area contributed by atoms with Crippen molar-refractivity contribution in [3.63, 3.8) is 0 Å². The van der Waals surface area contributed by atoms with Crippen molar-refractivity contribution in [2.45, 2.75) is 13.0 Å². The Labute approximate surface area is 168 Å². The van der Waals surface area contributed by atoms with Crippen LogP contribution in [-0.4, -0.2) is 60.7 Å². The average Bonchev–Trinajstić information content (AvgIpc) is 2.71. The molecule has 9 heteroatoms. The highest BCUT2D eigenvalue weighted by molar-refractivity contribution is 9.10. The number of morpholine rings is 1. The lowest BCUT2D eigenvalue weighted by atomic mass is 10.1. The van der Waals surface area contributed by atoms with Crippen LogP contribution in [0.25, 0.3) is 0 Å². The molecule has 8 nitrogen and oxygen atoms in total. The lowest BCUT2D eigenvalue weighted by Gasteiger charge is -2.33. The molecule has 0 radical (unpaired) electrons. The summed E-state index contributed by atoms with van der Waals surface area (Å²) in [5.41, 5.74) is 0.949. The summed E-state index contributed by atoms with van der Waals surface area (Å²) in [6, 6.07) is 4.21. The van der Waals surface area contributed by atoms with E-state index in [1.54, 1.807) is 31.3 Å². The predicted octanol–water partition coefficient (Wildman–Crippen LogP) is 2.86. The minimum Gasteiger partial charge on any atom is -0.495 e. The number of rotatable bonds is 5. The summed E-state index contributed by atoms with van der Waals surface area (Å²) in [5.74, 6) is 0.808. The molecule has 1 N–H and O–H groups in total. The summed E-state index contributed by atoms with van der Waals surface area (Å²) in [6.07, 6.45) is 1.56. The van der Waals surface area contributed by atoms with Gasteiger partial charge >= 0.3 is 0 Å². The van der Waals surface area contributed by atoms with E-state index in [9.17, 15) is 4.79 Å². The highest BCUT2D eigenvalue weighted by Gasteiger charge is 2.25. The van der Waals surface area contributed by atoms with E-state index in [2.05, 4.69) is 31.2 Å². The van der Waals surface area contributed by atoms with Gasteiger partial charge in [0, 0.05) is 12.1 Å². The smallest absolute Gasteiger partial charge is 0.254 e. The van der Waals surface area contributed by atoms with Gasteiger partial charge in [-0.2, -0.15) is 4.98 Å². The first-order valence-corrected chi connectivity index (χ1v) is 9.02. The third kappa shape index (κ3) is 4.30. The zero-order valence-corrected chi connectivity index (χ0v) is 16.7. The van der Waals surface area contributed by atoms with Gasteiger partial charge in [-0.05, 0) is 41.1 Å². The maximum absolute atomic E-state index is 12.9. The molecule has 1 atom stereocenters. The van der Waals surface area contributed by atoms with Crippen molar-refractivity contribution in [1.29, 1.82) is 0 Å². The highest BCUT2D eigenvalue weighted by Crippen LogP contribution is 2.30.